The van der Waals surface area contributed by atoms with E-state index in [1.165, 1.54) is 19.3 Å². The highest BCUT2D eigenvalue weighted by Crippen LogP contribution is 2.20. The fourth-order valence-electron chi connectivity index (χ4n) is 1.81. The van der Waals surface area contributed by atoms with Gasteiger partial charge in [-0.25, -0.2) is 4.98 Å². The van der Waals surface area contributed by atoms with Crippen molar-refractivity contribution in [3.63, 3.8) is 0 Å². The second-order valence-electron chi connectivity index (χ2n) is 3.85. The third-order valence-corrected chi connectivity index (χ3v) is 4.21. The van der Waals surface area contributed by atoms with Crippen LogP contribution in [0.2, 0.25) is 0 Å². The predicted octanol–water partition coefficient (Wildman–Crippen LogP) is 3.20. The van der Waals surface area contributed by atoms with Gasteiger partial charge in [-0.2, -0.15) is 0 Å². The van der Waals surface area contributed by atoms with Crippen molar-refractivity contribution in [1.82, 2.24) is 9.97 Å². The highest BCUT2D eigenvalue weighted by molar-refractivity contribution is 9.10. The zero-order valence-corrected chi connectivity index (χ0v) is 11.1. The molecule has 1 aliphatic heterocycles. The average Bonchev–Trinajstić information content (AvgIpc) is 2.26. The standard InChI is InChI=1S/C10H14BrN3S/c1-7-8(11)9(15)13-10(12-7)14-5-3-2-4-6-14/h2-6H2,1H3,(H,12,13,15). The first-order chi connectivity index (χ1) is 7.18. The van der Waals surface area contributed by atoms with Crippen molar-refractivity contribution in [2.75, 3.05) is 18.0 Å². The number of H-pyrrole nitrogens is 1. The maximum absolute atomic E-state index is 5.19. The van der Waals surface area contributed by atoms with Gasteiger partial charge in [-0.3, -0.25) is 0 Å². The van der Waals surface area contributed by atoms with Crippen LogP contribution in [-0.2, 0) is 0 Å². The van der Waals surface area contributed by atoms with E-state index >= 15 is 0 Å². The Morgan fingerprint density at radius 1 is 1.33 bits per heavy atom. The monoisotopic (exact) mass is 287 g/mol. The molecule has 0 spiro atoms. The van der Waals surface area contributed by atoms with Crippen LogP contribution in [0.3, 0.4) is 0 Å². The molecule has 0 atom stereocenters. The Balaban J connectivity index is 2.32. The Labute approximate surface area is 103 Å². The maximum Gasteiger partial charge on any atom is 0.204 e. The van der Waals surface area contributed by atoms with Crippen molar-refractivity contribution in [3.8, 4) is 0 Å². The lowest BCUT2D eigenvalue weighted by Gasteiger charge is -2.27. The van der Waals surface area contributed by atoms with Gasteiger partial charge in [-0.05, 0) is 42.1 Å². The summed E-state index contributed by atoms with van der Waals surface area (Å²) < 4.78 is 1.55. The second kappa shape index (κ2) is 4.61. The van der Waals surface area contributed by atoms with Crippen molar-refractivity contribution in [2.45, 2.75) is 26.2 Å². The van der Waals surface area contributed by atoms with Gasteiger partial charge < -0.3 is 9.88 Å². The van der Waals surface area contributed by atoms with E-state index in [4.69, 9.17) is 12.2 Å². The van der Waals surface area contributed by atoms with E-state index < -0.39 is 0 Å². The molecule has 82 valence electrons. The number of anilines is 1. The molecule has 1 saturated heterocycles. The Morgan fingerprint density at radius 3 is 2.60 bits per heavy atom. The first-order valence-electron chi connectivity index (χ1n) is 5.20. The van der Waals surface area contributed by atoms with Crippen molar-refractivity contribution in [1.29, 1.82) is 0 Å². The minimum atomic E-state index is 0.645. The van der Waals surface area contributed by atoms with Gasteiger partial charge in [0.25, 0.3) is 0 Å². The third-order valence-electron chi connectivity index (χ3n) is 2.68. The number of halogens is 1. The molecule has 0 radical (unpaired) electrons. The maximum atomic E-state index is 5.19. The summed E-state index contributed by atoms with van der Waals surface area (Å²) in [6.07, 6.45) is 3.82. The summed E-state index contributed by atoms with van der Waals surface area (Å²) in [7, 11) is 0. The number of nitrogens with zero attached hydrogens (tertiary/aromatic N) is 2. The molecule has 1 fully saturated rings. The van der Waals surface area contributed by atoms with Gasteiger partial charge in [0.15, 0.2) is 0 Å². The first kappa shape index (κ1) is 11.1. The van der Waals surface area contributed by atoms with Crippen LogP contribution in [0, 0.1) is 11.6 Å². The molecule has 0 unspecified atom stereocenters. The van der Waals surface area contributed by atoms with E-state index in [0.717, 1.165) is 29.2 Å². The molecule has 0 aromatic carbocycles. The molecule has 2 heterocycles. The van der Waals surface area contributed by atoms with E-state index in [1.807, 2.05) is 6.92 Å². The lowest BCUT2D eigenvalue weighted by atomic mass is 10.1. The first-order valence-corrected chi connectivity index (χ1v) is 6.40. The van der Waals surface area contributed by atoms with E-state index in [-0.39, 0.29) is 0 Å². The fourth-order valence-corrected chi connectivity index (χ4v) is 2.24. The molecular formula is C10H14BrN3S. The molecule has 1 N–H and O–H groups in total. The second-order valence-corrected chi connectivity index (χ2v) is 5.03. The largest absolute Gasteiger partial charge is 0.342 e. The van der Waals surface area contributed by atoms with Crippen LogP contribution in [0.4, 0.5) is 5.95 Å². The summed E-state index contributed by atoms with van der Waals surface area (Å²) in [5.41, 5.74) is 1.05. The number of hydrogen-bond acceptors (Lipinski definition) is 3. The van der Waals surface area contributed by atoms with Crippen LogP contribution in [0.15, 0.2) is 4.47 Å². The molecule has 0 bridgehead atoms. The smallest absolute Gasteiger partial charge is 0.204 e. The molecule has 0 saturated carbocycles. The highest BCUT2D eigenvalue weighted by Gasteiger charge is 2.13. The van der Waals surface area contributed by atoms with E-state index in [1.54, 1.807) is 0 Å². The van der Waals surface area contributed by atoms with Crippen molar-refractivity contribution < 1.29 is 0 Å². The zero-order chi connectivity index (χ0) is 10.8. The minimum absolute atomic E-state index is 0.645. The van der Waals surface area contributed by atoms with Crippen molar-refractivity contribution in [3.05, 3.63) is 14.8 Å². The number of nitrogens with one attached hydrogen (secondary N) is 1. The summed E-state index contributed by atoms with van der Waals surface area (Å²) in [4.78, 5) is 9.96. The molecule has 0 aliphatic carbocycles. The average molecular weight is 288 g/mol. The molecule has 1 aliphatic rings. The lowest BCUT2D eigenvalue weighted by Crippen LogP contribution is -2.31. The molecular weight excluding hydrogens is 274 g/mol. The van der Waals surface area contributed by atoms with Gasteiger partial charge in [0.2, 0.25) is 5.95 Å². The molecule has 1 aromatic heterocycles. The topological polar surface area (TPSA) is 31.9 Å². The van der Waals surface area contributed by atoms with Crippen LogP contribution in [0.5, 0.6) is 0 Å². The van der Waals surface area contributed by atoms with Gasteiger partial charge in [0.05, 0.1) is 4.47 Å². The predicted molar refractivity (Wildman–Crippen MR) is 67.9 cm³/mol. The lowest BCUT2D eigenvalue weighted by molar-refractivity contribution is 0.567. The summed E-state index contributed by atoms with van der Waals surface area (Å²) in [6, 6.07) is 0. The zero-order valence-electron chi connectivity index (χ0n) is 8.72. The van der Waals surface area contributed by atoms with E-state index in [0.29, 0.717) is 4.64 Å². The Bertz CT molecular complexity index is 410. The number of rotatable bonds is 1. The van der Waals surface area contributed by atoms with Crippen LogP contribution in [-0.4, -0.2) is 23.1 Å². The Kier molecular flexibility index (Phi) is 3.41. The van der Waals surface area contributed by atoms with E-state index in [9.17, 15) is 0 Å². The van der Waals surface area contributed by atoms with Crippen LogP contribution >= 0.6 is 28.1 Å². The summed E-state index contributed by atoms with van der Waals surface area (Å²) in [6.45, 7) is 4.17. The molecule has 2 rings (SSSR count). The third kappa shape index (κ3) is 2.39. The number of aryl methyl sites for hydroxylation is 1. The summed E-state index contributed by atoms with van der Waals surface area (Å²) in [5.74, 6) is 0.917. The summed E-state index contributed by atoms with van der Waals surface area (Å²) >= 11 is 8.61. The number of aromatic amines is 1. The fraction of sp³-hybridized carbons (Fsp3) is 0.600. The minimum Gasteiger partial charge on any atom is -0.342 e. The summed E-state index contributed by atoms with van der Waals surface area (Å²) in [5, 5.41) is 0. The SMILES string of the molecule is Cc1[nH]c(N2CCCCC2)nc(=S)c1Br. The van der Waals surface area contributed by atoms with Gasteiger partial charge in [0, 0.05) is 18.8 Å². The molecule has 3 nitrogen and oxygen atoms in total. The van der Waals surface area contributed by atoms with Gasteiger partial charge in [-0.1, -0.05) is 12.2 Å². The van der Waals surface area contributed by atoms with Crippen molar-refractivity contribution >= 4 is 34.1 Å². The molecule has 15 heavy (non-hydrogen) atoms. The number of piperidine rings is 1. The molecule has 1 aromatic rings. The quantitative estimate of drug-likeness (QED) is 0.805. The van der Waals surface area contributed by atoms with Crippen molar-refractivity contribution in [2.24, 2.45) is 0 Å². The van der Waals surface area contributed by atoms with Gasteiger partial charge in [0.1, 0.15) is 4.64 Å². The van der Waals surface area contributed by atoms with Crippen LogP contribution in [0.1, 0.15) is 25.0 Å². The molecule has 0 amide bonds. The van der Waals surface area contributed by atoms with Gasteiger partial charge in [-0.15, -0.1) is 0 Å². The van der Waals surface area contributed by atoms with Crippen LogP contribution < -0.4 is 4.90 Å². The Morgan fingerprint density at radius 2 is 2.00 bits per heavy atom. The highest BCUT2D eigenvalue weighted by atomic mass is 79.9. The van der Waals surface area contributed by atoms with Gasteiger partial charge >= 0.3 is 0 Å². The number of hydrogen-bond donors (Lipinski definition) is 1. The molecule has 5 heteroatoms. The Hall–Kier alpha value is -0.420. The normalized spacial score (nSPS) is 16.8. The number of aromatic nitrogens is 2. The van der Waals surface area contributed by atoms with E-state index in [2.05, 4.69) is 30.8 Å². The van der Waals surface area contributed by atoms with Crippen LogP contribution in [0.25, 0.3) is 0 Å².